The van der Waals surface area contributed by atoms with Gasteiger partial charge in [-0.1, -0.05) is 0 Å². The fourth-order valence-electron chi connectivity index (χ4n) is 1.58. The Morgan fingerprint density at radius 2 is 2.36 bits per heavy atom. The van der Waals surface area contributed by atoms with Gasteiger partial charge in [-0.2, -0.15) is 4.98 Å². The lowest BCUT2D eigenvalue weighted by Crippen LogP contribution is -2.27. The molecule has 0 radical (unpaired) electrons. The van der Waals surface area contributed by atoms with E-state index in [2.05, 4.69) is 20.4 Å². The first-order valence-electron chi connectivity index (χ1n) is 4.86. The Bertz CT molecular complexity index is 279. The Morgan fingerprint density at radius 3 is 3.14 bits per heavy atom. The van der Waals surface area contributed by atoms with Crippen LogP contribution in [0, 0.1) is 0 Å². The number of hydrogen-bond acceptors (Lipinski definition) is 6. The molecule has 14 heavy (non-hydrogen) atoms. The van der Waals surface area contributed by atoms with Gasteiger partial charge < -0.3 is 15.6 Å². The molecule has 0 aromatic carbocycles. The summed E-state index contributed by atoms with van der Waals surface area (Å²) in [6, 6.07) is 0. The van der Waals surface area contributed by atoms with Crippen LogP contribution in [-0.4, -0.2) is 41.2 Å². The van der Waals surface area contributed by atoms with E-state index < -0.39 is 0 Å². The van der Waals surface area contributed by atoms with Crippen LogP contribution in [0.15, 0.2) is 4.52 Å². The topological polar surface area (TPSA) is 80.2 Å². The molecule has 0 bridgehead atoms. The van der Waals surface area contributed by atoms with E-state index in [0.717, 1.165) is 32.6 Å². The molecule has 1 fully saturated rings. The summed E-state index contributed by atoms with van der Waals surface area (Å²) in [6.07, 6.45) is 1.16. The Balaban J connectivity index is 1.89. The predicted molar refractivity (Wildman–Crippen MR) is 51.5 cm³/mol. The first-order valence-corrected chi connectivity index (χ1v) is 4.86. The standard InChI is InChI=1S/C8H15N5O/c9-8-11-7(14-12-8)6-13-4-1-2-10-3-5-13/h10H,1-6H2,(H2,9,12). The van der Waals surface area contributed by atoms with Gasteiger partial charge in [-0.3, -0.25) is 4.90 Å². The fraction of sp³-hybridized carbons (Fsp3) is 0.750. The monoisotopic (exact) mass is 197 g/mol. The van der Waals surface area contributed by atoms with Crippen LogP contribution in [-0.2, 0) is 6.54 Å². The van der Waals surface area contributed by atoms with Crippen molar-refractivity contribution in [1.29, 1.82) is 0 Å². The second-order valence-corrected chi connectivity index (χ2v) is 3.43. The highest BCUT2D eigenvalue weighted by molar-refractivity contribution is 5.10. The molecule has 2 heterocycles. The summed E-state index contributed by atoms with van der Waals surface area (Å²) in [7, 11) is 0. The van der Waals surface area contributed by atoms with Gasteiger partial charge in [-0.15, -0.1) is 0 Å². The number of aromatic nitrogens is 2. The normalized spacial score (nSPS) is 19.4. The third-order valence-electron chi connectivity index (χ3n) is 2.28. The average Bonchev–Trinajstić information content (AvgIpc) is 2.43. The first kappa shape index (κ1) is 9.42. The average molecular weight is 197 g/mol. The van der Waals surface area contributed by atoms with Crippen LogP contribution in [0.2, 0.25) is 0 Å². The minimum atomic E-state index is 0.216. The number of rotatable bonds is 2. The number of anilines is 1. The maximum Gasteiger partial charge on any atom is 0.260 e. The first-order chi connectivity index (χ1) is 6.84. The van der Waals surface area contributed by atoms with Gasteiger partial charge in [0.05, 0.1) is 6.54 Å². The predicted octanol–water partition coefficient (Wildman–Crippen LogP) is -0.553. The van der Waals surface area contributed by atoms with E-state index in [9.17, 15) is 0 Å². The van der Waals surface area contributed by atoms with Gasteiger partial charge in [0.1, 0.15) is 0 Å². The zero-order valence-corrected chi connectivity index (χ0v) is 8.07. The van der Waals surface area contributed by atoms with E-state index in [-0.39, 0.29) is 5.95 Å². The summed E-state index contributed by atoms with van der Waals surface area (Å²) in [6.45, 7) is 4.88. The minimum absolute atomic E-state index is 0.216. The fourth-order valence-corrected chi connectivity index (χ4v) is 1.58. The maximum absolute atomic E-state index is 5.37. The SMILES string of the molecule is Nc1noc(CN2CCCNCC2)n1. The second-order valence-electron chi connectivity index (χ2n) is 3.43. The molecular weight excluding hydrogens is 182 g/mol. The van der Waals surface area contributed by atoms with Crippen LogP contribution in [0.4, 0.5) is 5.95 Å². The van der Waals surface area contributed by atoms with E-state index in [0.29, 0.717) is 12.4 Å². The van der Waals surface area contributed by atoms with E-state index in [4.69, 9.17) is 10.3 Å². The van der Waals surface area contributed by atoms with Crippen LogP contribution in [0.3, 0.4) is 0 Å². The molecule has 0 saturated carbocycles. The van der Waals surface area contributed by atoms with E-state index in [1.165, 1.54) is 0 Å². The molecule has 1 aromatic heterocycles. The molecule has 78 valence electrons. The van der Waals surface area contributed by atoms with Gasteiger partial charge >= 0.3 is 0 Å². The van der Waals surface area contributed by atoms with Crippen molar-refractivity contribution in [2.24, 2.45) is 0 Å². The van der Waals surface area contributed by atoms with Crippen LogP contribution in [0.1, 0.15) is 12.3 Å². The Morgan fingerprint density at radius 1 is 1.43 bits per heavy atom. The molecule has 1 saturated heterocycles. The molecule has 1 aliphatic rings. The van der Waals surface area contributed by atoms with Crippen LogP contribution in [0.25, 0.3) is 0 Å². The number of nitrogen functional groups attached to an aromatic ring is 1. The van der Waals surface area contributed by atoms with Crippen molar-refractivity contribution in [2.45, 2.75) is 13.0 Å². The summed E-state index contributed by atoms with van der Waals surface area (Å²) >= 11 is 0. The summed E-state index contributed by atoms with van der Waals surface area (Å²) in [5.41, 5.74) is 5.37. The molecule has 1 aromatic rings. The van der Waals surface area contributed by atoms with E-state index in [1.807, 2.05) is 0 Å². The van der Waals surface area contributed by atoms with Gasteiger partial charge in [0.25, 0.3) is 5.95 Å². The zero-order chi connectivity index (χ0) is 9.80. The molecule has 0 amide bonds. The molecule has 3 N–H and O–H groups in total. The van der Waals surface area contributed by atoms with Gasteiger partial charge in [0, 0.05) is 13.1 Å². The highest BCUT2D eigenvalue weighted by Crippen LogP contribution is 2.04. The molecule has 0 spiro atoms. The second kappa shape index (κ2) is 4.39. The molecule has 2 rings (SSSR count). The summed E-state index contributed by atoms with van der Waals surface area (Å²) in [4.78, 5) is 6.26. The molecule has 1 aliphatic heterocycles. The number of hydrogen-bond donors (Lipinski definition) is 2. The van der Waals surface area contributed by atoms with Crippen LogP contribution < -0.4 is 11.1 Å². The lowest BCUT2D eigenvalue weighted by molar-refractivity contribution is 0.239. The van der Waals surface area contributed by atoms with Crippen molar-refractivity contribution in [3.8, 4) is 0 Å². The van der Waals surface area contributed by atoms with E-state index >= 15 is 0 Å². The highest BCUT2D eigenvalue weighted by Gasteiger charge is 2.12. The van der Waals surface area contributed by atoms with Gasteiger partial charge in [-0.05, 0) is 24.7 Å². The minimum Gasteiger partial charge on any atom is -0.365 e. The number of nitrogens with two attached hydrogens (primary N) is 1. The van der Waals surface area contributed by atoms with Crippen molar-refractivity contribution >= 4 is 5.95 Å². The highest BCUT2D eigenvalue weighted by atomic mass is 16.5. The molecule has 6 heteroatoms. The molecule has 0 atom stereocenters. The smallest absolute Gasteiger partial charge is 0.260 e. The Kier molecular flexibility index (Phi) is 2.95. The van der Waals surface area contributed by atoms with Crippen molar-refractivity contribution < 1.29 is 4.52 Å². The summed E-state index contributed by atoms with van der Waals surface area (Å²) in [5, 5.41) is 6.89. The van der Waals surface area contributed by atoms with Crippen molar-refractivity contribution in [3.05, 3.63) is 5.89 Å². The van der Waals surface area contributed by atoms with Crippen LogP contribution in [0.5, 0.6) is 0 Å². The molecule has 6 nitrogen and oxygen atoms in total. The number of nitrogens with one attached hydrogen (secondary N) is 1. The van der Waals surface area contributed by atoms with Gasteiger partial charge in [-0.25, -0.2) is 0 Å². The maximum atomic E-state index is 5.37. The quantitative estimate of drug-likeness (QED) is 0.662. The Hall–Kier alpha value is -1.14. The number of nitrogens with zero attached hydrogens (tertiary/aromatic N) is 3. The largest absolute Gasteiger partial charge is 0.365 e. The molecule has 0 aliphatic carbocycles. The zero-order valence-electron chi connectivity index (χ0n) is 8.07. The summed E-state index contributed by atoms with van der Waals surface area (Å²) in [5.74, 6) is 0.817. The van der Waals surface area contributed by atoms with Gasteiger partial charge in [0.2, 0.25) is 5.89 Å². The van der Waals surface area contributed by atoms with Crippen molar-refractivity contribution in [2.75, 3.05) is 31.9 Å². The van der Waals surface area contributed by atoms with E-state index in [1.54, 1.807) is 0 Å². The Labute approximate surface area is 82.4 Å². The third-order valence-corrected chi connectivity index (χ3v) is 2.28. The summed E-state index contributed by atoms with van der Waals surface area (Å²) < 4.78 is 4.96. The van der Waals surface area contributed by atoms with Crippen LogP contribution >= 0.6 is 0 Å². The lowest BCUT2D eigenvalue weighted by Gasteiger charge is -2.16. The van der Waals surface area contributed by atoms with Crippen molar-refractivity contribution in [1.82, 2.24) is 20.4 Å². The third kappa shape index (κ3) is 2.43. The lowest BCUT2D eigenvalue weighted by atomic mass is 10.4. The van der Waals surface area contributed by atoms with Gasteiger partial charge in [0.15, 0.2) is 0 Å². The molecular formula is C8H15N5O. The van der Waals surface area contributed by atoms with Crippen molar-refractivity contribution in [3.63, 3.8) is 0 Å². The molecule has 0 unspecified atom stereocenters.